The van der Waals surface area contributed by atoms with Gasteiger partial charge in [-0.15, -0.1) is 0 Å². The summed E-state index contributed by atoms with van der Waals surface area (Å²) >= 11 is 0. The fraction of sp³-hybridized carbons (Fsp3) is 0.364. The van der Waals surface area contributed by atoms with Gasteiger partial charge in [-0.3, -0.25) is 9.59 Å². The lowest BCUT2D eigenvalue weighted by molar-refractivity contribution is -0.137. The van der Waals surface area contributed by atoms with Crippen LogP contribution in [0.15, 0.2) is 48.5 Å². The topological polar surface area (TPSA) is 57.6 Å². The lowest BCUT2D eigenvalue weighted by Crippen LogP contribution is -2.38. The van der Waals surface area contributed by atoms with Crippen LogP contribution in [0.2, 0.25) is 0 Å². The van der Waals surface area contributed by atoms with Crippen molar-refractivity contribution in [2.24, 2.45) is 5.41 Å². The van der Waals surface area contributed by atoms with Gasteiger partial charge in [0.1, 0.15) is 6.61 Å². The van der Waals surface area contributed by atoms with Crippen LogP contribution in [-0.2, 0) is 24.2 Å². The third kappa shape index (κ3) is 2.95. The lowest BCUT2D eigenvalue weighted by Gasteiger charge is -2.33. The molecule has 0 unspecified atom stereocenters. The molecule has 1 spiro atoms. The Hall–Kier alpha value is -2.46. The molecule has 0 saturated carbocycles. The molecule has 1 fully saturated rings. The quantitative estimate of drug-likeness (QED) is 0.864. The second-order valence-corrected chi connectivity index (χ2v) is 7.48. The van der Waals surface area contributed by atoms with Crippen LogP contribution >= 0.6 is 0 Å². The summed E-state index contributed by atoms with van der Waals surface area (Å²) in [5.41, 5.74) is 3.67. The molecule has 1 atom stereocenters. The Kier molecular flexibility index (Phi) is 4.37. The van der Waals surface area contributed by atoms with Gasteiger partial charge in [-0.25, -0.2) is 0 Å². The Bertz CT molecular complexity index is 846. The predicted octanol–water partition coefficient (Wildman–Crippen LogP) is 2.77. The monoisotopic (exact) mass is 349 g/mol. The summed E-state index contributed by atoms with van der Waals surface area (Å²) in [7, 11) is 0. The van der Waals surface area contributed by atoms with Crippen molar-refractivity contribution in [3.05, 3.63) is 70.8 Å². The first kappa shape index (κ1) is 17.0. The molecule has 1 saturated heterocycles. The summed E-state index contributed by atoms with van der Waals surface area (Å²) in [6, 6.07) is 15.7. The van der Waals surface area contributed by atoms with E-state index in [4.69, 9.17) is 5.11 Å². The molecule has 1 amide bonds. The molecule has 134 valence electrons. The second kappa shape index (κ2) is 6.69. The number of likely N-dealkylation sites (tertiary alicyclic amines) is 1. The summed E-state index contributed by atoms with van der Waals surface area (Å²) in [5.74, 6) is -0.0261. The molecule has 1 aliphatic carbocycles. The van der Waals surface area contributed by atoms with Crippen molar-refractivity contribution in [1.82, 2.24) is 4.90 Å². The van der Waals surface area contributed by atoms with Crippen molar-refractivity contribution in [3.8, 4) is 0 Å². The average molecular weight is 349 g/mol. The molecule has 26 heavy (non-hydrogen) atoms. The fourth-order valence-electron chi connectivity index (χ4n) is 4.37. The van der Waals surface area contributed by atoms with E-state index in [0.717, 1.165) is 36.9 Å². The van der Waals surface area contributed by atoms with Crippen LogP contribution < -0.4 is 0 Å². The number of rotatable bonds is 4. The molecular formula is C22H23NO3. The van der Waals surface area contributed by atoms with Crippen LogP contribution in [-0.4, -0.2) is 34.8 Å². The zero-order valence-corrected chi connectivity index (χ0v) is 14.8. The molecule has 0 aromatic heterocycles. The minimum Gasteiger partial charge on any atom is -0.388 e. The van der Waals surface area contributed by atoms with E-state index in [-0.39, 0.29) is 17.1 Å². The van der Waals surface area contributed by atoms with Crippen LogP contribution in [0.1, 0.15) is 39.9 Å². The first-order valence-electron chi connectivity index (χ1n) is 9.20. The van der Waals surface area contributed by atoms with Crippen molar-refractivity contribution in [2.75, 3.05) is 13.2 Å². The summed E-state index contributed by atoms with van der Waals surface area (Å²) < 4.78 is 0. The minimum atomic E-state index is -0.478. The largest absolute Gasteiger partial charge is 0.388 e. The van der Waals surface area contributed by atoms with Crippen molar-refractivity contribution >= 4 is 11.7 Å². The standard InChI is InChI=1S/C22H23NO3/c24-15-20(25)18-7-6-17-8-9-22(13-19(17)12-18)10-11-23(21(22)26)14-16-4-2-1-3-5-16/h1-7,12,24H,8-11,13-15H2/t22-/m1/s1. The van der Waals surface area contributed by atoms with Gasteiger partial charge >= 0.3 is 0 Å². The SMILES string of the molecule is O=C(CO)c1ccc2c(c1)C[C@@]1(CC2)CCN(Cc2ccccc2)C1=O. The van der Waals surface area contributed by atoms with Gasteiger partial charge in [0.15, 0.2) is 5.78 Å². The maximum absolute atomic E-state index is 13.2. The van der Waals surface area contributed by atoms with E-state index in [9.17, 15) is 9.59 Å². The van der Waals surface area contributed by atoms with E-state index in [1.807, 2.05) is 35.2 Å². The van der Waals surface area contributed by atoms with Crippen molar-refractivity contribution in [1.29, 1.82) is 0 Å². The first-order chi connectivity index (χ1) is 12.6. The van der Waals surface area contributed by atoms with Gasteiger partial charge in [-0.2, -0.15) is 0 Å². The molecule has 2 aromatic rings. The van der Waals surface area contributed by atoms with Crippen molar-refractivity contribution in [2.45, 2.75) is 32.2 Å². The van der Waals surface area contributed by atoms with E-state index >= 15 is 0 Å². The number of Topliss-reactive ketones (excluding diaryl/α,β-unsaturated/α-hetero) is 1. The maximum Gasteiger partial charge on any atom is 0.229 e. The number of carbonyl (C=O) groups excluding carboxylic acids is 2. The van der Waals surface area contributed by atoms with Gasteiger partial charge in [-0.05, 0) is 48.4 Å². The zero-order chi connectivity index (χ0) is 18.1. The predicted molar refractivity (Wildman–Crippen MR) is 98.8 cm³/mol. The molecule has 0 bridgehead atoms. The van der Waals surface area contributed by atoms with Crippen LogP contribution in [0.25, 0.3) is 0 Å². The van der Waals surface area contributed by atoms with Gasteiger partial charge in [0.05, 0.1) is 5.41 Å². The maximum atomic E-state index is 13.2. The molecule has 4 nitrogen and oxygen atoms in total. The summed E-state index contributed by atoms with van der Waals surface area (Å²) in [4.78, 5) is 27.0. The number of carbonyl (C=O) groups is 2. The highest BCUT2D eigenvalue weighted by Gasteiger charge is 2.47. The van der Waals surface area contributed by atoms with Crippen molar-refractivity contribution < 1.29 is 14.7 Å². The van der Waals surface area contributed by atoms with Crippen LogP contribution in [0.5, 0.6) is 0 Å². The van der Waals surface area contributed by atoms with Crippen LogP contribution in [0, 0.1) is 5.41 Å². The normalized spacial score (nSPS) is 21.9. The number of benzene rings is 2. The smallest absolute Gasteiger partial charge is 0.229 e. The van der Waals surface area contributed by atoms with Crippen molar-refractivity contribution in [3.63, 3.8) is 0 Å². The van der Waals surface area contributed by atoms with E-state index < -0.39 is 6.61 Å². The highest BCUT2D eigenvalue weighted by molar-refractivity contribution is 5.97. The van der Waals surface area contributed by atoms with Gasteiger partial charge < -0.3 is 10.0 Å². The number of nitrogens with zero attached hydrogens (tertiary/aromatic N) is 1. The molecule has 1 aliphatic heterocycles. The molecular weight excluding hydrogens is 326 g/mol. The molecule has 2 aromatic carbocycles. The third-order valence-corrected chi connectivity index (χ3v) is 5.89. The minimum absolute atomic E-state index is 0.242. The molecule has 1 N–H and O–H groups in total. The number of amides is 1. The van der Waals surface area contributed by atoms with Gasteiger partial charge in [0.2, 0.25) is 5.91 Å². The number of hydrogen-bond acceptors (Lipinski definition) is 3. The van der Waals surface area contributed by atoms with E-state index in [0.29, 0.717) is 18.5 Å². The third-order valence-electron chi connectivity index (χ3n) is 5.89. The van der Waals surface area contributed by atoms with Gasteiger partial charge in [0.25, 0.3) is 0 Å². The Labute approximate surface area is 153 Å². The first-order valence-corrected chi connectivity index (χ1v) is 9.20. The molecule has 1 heterocycles. The summed E-state index contributed by atoms with van der Waals surface area (Å²) in [6.45, 7) is 0.976. The summed E-state index contributed by atoms with van der Waals surface area (Å²) in [6.07, 6.45) is 3.31. The Morgan fingerprint density at radius 1 is 1.08 bits per heavy atom. The van der Waals surface area contributed by atoms with Crippen LogP contribution in [0.3, 0.4) is 0 Å². The lowest BCUT2D eigenvalue weighted by atomic mass is 9.70. The summed E-state index contributed by atoms with van der Waals surface area (Å²) in [5, 5.41) is 9.10. The van der Waals surface area contributed by atoms with E-state index in [2.05, 4.69) is 12.1 Å². The Balaban J connectivity index is 1.55. The van der Waals surface area contributed by atoms with Crippen LogP contribution in [0.4, 0.5) is 0 Å². The highest BCUT2D eigenvalue weighted by Crippen LogP contribution is 2.44. The van der Waals surface area contributed by atoms with Gasteiger partial charge in [-0.1, -0.05) is 42.5 Å². The average Bonchev–Trinajstić information content (AvgIpc) is 2.97. The number of fused-ring (bicyclic) bond motifs is 1. The molecule has 4 heteroatoms. The van der Waals surface area contributed by atoms with E-state index in [1.54, 1.807) is 6.07 Å². The Morgan fingerprint density at radius 2 is 1.88 bits per heavy atom. The molecule has 2 aliphatic rings. The number of ketones is 1. The number of hydrogen-bond donors (Lipinski definition) is 1. The fourth-order valence-corrected chi connectivity index (χ4v) is 4.37. The Morgan fingerprint density at radius 3 is 2.65 bits per heavy atom. The molecule has 4 rings (SSSR count). The van der Waals surface area contributed by atoms with Gasteiger partial charge in [0, 0.05) is 18.7 Å². The number of aliphatic hydroxyl groups is 1. The second-order valence-electron chi connectivity index (χ2n) is 7.48. The van der Waals surface area contributed by atoms with E-state index in [1.165, 1.54) is 5.56 Å². The number of aryl methyl sites for hydroxylation is 1. The number of aliphatic hydroxyl groups excluding tert-OH is 1. The zero-order valence-electron chi connectivity index (χ0n) is 14.8. The highest BCUT2D eigenvalue weighted by atomic mass is 16.3. The molecule has 0 radical (unpaired) electrons.